The quantitative estimate of drug-likeness (QED) is 0.845. The summed E-state index contributed by atoms with van der Waals surface area (Å²) in [5, 5.41) is 3.50. The smallest absolute Gasteiger partial charge is 0.125 e. The average Bonchev–Trinajstić information content (AvgIpc) is 2.35. The monoisotopic (exact) mass is 259 g/mol. The molecule has 0 spiro atoms. The fourth-order valence-corrected chi connectivity index (χ4v) is 5.39. The number of rotatable bonds is 3. The van der Waals surface area contributed by atoms with E-state index in [-0.39, 0.29) is 5.82 Å². The van der Waals surface area contributed by atoms with Crippen LogP contribution in [0.1, 0.15) is 38.5 Å². The van der Waals surface area contributed by atoms with Crippen molar-refractivity contribution >= 4 is 5.69 Å². The fourth-order valence-electron chi connectivity index (χ4n) is 5.39. The predicted molar refractivity (Wildman–Crippen MR) is 75.5 cm³/mol. The van der Waals surface area contributed by atoms with Crippen LogP contribution in [-0.2, 0) is 0 Å². The molecule has 0 heterocycles. The molecule has 0 aliphatic heterocycles. The Hall–Kier alpha value is -1.05. The number of anilines is 1. The van der Waals surface area contributed by atoms with Gasteiger partial charge in [-0.05, 0) is 79.9 Å². The number of hydrogen-bond acceptors (Lipinski definition) is 1. The largest absolute Gasteiger partial charge is 0.384 e. The highest BCUT2D eigenvalue weighted by Gasteiger charge is 2.50. The molecule has 0 unspecified atom stereocenters. The molecule has 1 aromatic rings. The van der Waals surface area contributed by atoms with Crippen LogP contribution in [0, 0.1) is 29.0 Å². The van der Waals surface area contributed by atoms with Gasteiger partial charge in [-0.3, -0.25) is 0 Å². The summed E-state index contributed by atoms with van der Waals surface area (Å²) >= 11 is 0. The lowest BCUT2D eigenvalue weighted by Gasteiger charge is -2.57. The van der Waals surface area contributed by atoms with Crippen molar-refractivity contribution in [2.75, 3.05) is 11.9 Å². The van der Waals surface area contributed by atoms with E-state index in [1.165, 1.54) is 44.6 Å². The summed E-state index contributed by atoms with van der Waals surface area (Å²) in [4.78, 5) is 0. The van der Waals surface area contributed by atoms with Crippen LogP contribution in [0.15, 0.2) is 24.3 Å². The van der Waals surface area contributed by atoms with Crippen LogP contribution in [0.5, 0.6) is 0 Å². The van der Waals surface area contributed by atoms with Gasteiger partial charge in [0.25, 0.3) is 0 Å². The number of benzene rings is 1. The van der Waals surface area contributed by atoms with Crippen molar-refractivity contribution in [1.29, 1.82) is 0 Å². The zero-order chi connectivity index (χ0) is 12.9. The van der Waals surface area contributed by atoms with Crippen molar-refractivity contribution in [3.8, 4) is 0 Å². The molecule has 1 nitrogen and oxygen atoms in total. The fraction of sp³-hybridized carbons (Fsp3) is 0.647. The Morgan fingerprint density at radius 3 is 2.26 bits per heavy atom. The average molecular weight is 259 g/mol. The first-order chi connectivity index (χ1) is 9.21. The van der Waals surface area contributed by atoms with E-state index in [1.807, 2.05) is 6.07 Å². The molecule has 19 heavy (non-hydrogen) atoms. The van der Waals surface area contributed by atoms with Crippen LogP contribution in [0.2, 0.25) is 0 Å². The second-order valence-corrected chi connectivity index (χ2v) is 7.28. The van der Waals surface area contributed by atoms with Crippen LogP contribution < -0.4 is 5.32 Å². The van der Waals surface area contributed by atoms with E-state index in [0.717, 1.165) is 30.0 Å². The first-order valence-corrected chi connectivity index (χ1v) is 7.70. The number of nitrogens with one attached hydrogen (secondary N) is 1. The zero-order valence-corrected chi connectivity index (χ0v) is 11.4. The summed E-state index contributed by atoms with van der Waals surface area (Å²) < 4.78 is 13.2. The van der Waals surface area contributed by atoms with Crippen molar-refractivity contribution < 1.29 is 4.39 Å². The van der Waals surface area contributed by atoms with Gasteiger partial charge in [-0.15, -0.1) is 0 Å². The van der Waals surface area contributed by atoms with E-state index < -0.39 is 0 Å². The van der Waals surface area contributed by atoms with Crippen LogP contribution in [0.3, 0.4) is 0 Å². The molecule has 4 bridgehead atoms. The Morgan fingerprint density at radius 2 is 1.68 bits per heavy atom. The zero-order valence-electron chi connectivity index (χ0n) is 11.4. The molecule has 1 N–H and O–H groups in total. The minimum Gasteiger partial charge on any atom is -0.384 e. The third-order valence-corrected chi connectivity index (χ3v) is 5.66. The summed E-state index contributed by atoms with van der Waals surface area (Å²) in [7, 11) is 0. The number of hydrogen-bond donors (Lipinski definition) is 1. The van der Waals surface area contributed by atoms with E-state index >= 15 is 0 Å². The van der Waals surface area contributed by atoms with E-state index in [4.69, 9.17) is 0 Å². The van der Waals surface area contributed by atoms with Crippen molar-refractivity contribution in [3.63, 3.8) is 0 Å². The molecule has 0 saturated heterocycles. The second-order valence-electron chi connectivity index (χ2n) is 7.28. The highest BCUT2D eigenvalue weighted by atomic mass is 19.1. The van der Waals surface area contributed by atoms with Gasteiger partial charge >= 0.3 is 0 Å². The van der Waals surface area contributed by atoms with Crippen LogP contribution in [0.25, 0.3) is 0 Å². The van der Waals surface area contributed by atoms with Gasteiger partial charge in [0.05, 0.1) is 0 Å². The highest BCUT2D eigenvalue weighted by molar-refractivity contribution is 5.43. The Bertz CT molecular complexity index is 447. The number of halogens is 1. The summed E-state index contributed by atoms with van der Waals surface area (Å²) in [6.45, 7) is 1.04. The Balaban J connectivity index is 1.48. The summed E-state index contributed by atoms with van der Waals surface area (Å²) in [6.07, 6.45) is 8.67. The van der Waals surface area contributed by atoms with Gasteiger partial charge in [0, 0.05) is 12.2 Å². The molecule has 5 rings (SSSR count). The summed E-state index contributed by atoms with van der Waals surface area (Å²) in [5.41, 5.74) is 1.46. The molecular weight excluding hydrogens is 237 g/mol. The Morgan fingerprint density at radius 1 is 1.05 bits per heavy atom. The minimum absolute atomic E-state index is 0.143. The Kier molecular flexibility index (Phi) is 2.61. The van der Waals surface area contributed by atoms with Gasteiger partial charge in [0.15, 0.2) is 0 Å². The maximum atomic E-state index is 13.2. The van der Waals surface area contributed by atoms with Gasteiger partial charge in [-0.25, -0.2) is 4.39 Å². The standard InChI is InChI=1S/C17H22FN/c18-15-2-1-3-16(7-15)19-11-17-8-12-4-13(9-17)6-14(5-12)10-17/h1-3,7,12-14,19H,4-6,8-11H2. The highest BCUT2D eigenvalue weighted by Crippen LogP contribution is 2.59. The van der Waals surface area contributed by atoms with Crippen LogP contribution >= 0.6 is 0 Å². The molecule has 102 valence electrons. The van der Waals surface area contributed by atoms with Crippen LogP contribution in [0.4, 0.5) is 10.1 Å². The third kappa shape index (κ3) is 2.15. The van der Waals surface area contributed by atoms with E-state index in [0.29, 0.717) is 5.41 Å². The first kappa shape index (κ1) is 11.7. The molecule has 4 saturated carbocycles. The molecular formula is C17H22FN. The molecule has 0 radical (unpaired) electrons. The van der Waals surface area contributed by atoms with E-state index in [1.54, 1.807) is 12.1 Å². The minimum atomic E-state index is -0.143. The second kappa shape index (κ2) is 4.22. The van der Waals surface area contributed by atoms with Gasteiger partial charge < -0.3 is 5.32 Å². The Labute approximate surface area is 114 Å². The van der Waals surface area contributed by atoms with E-state index in [2.05, 4.69) is 5.32 Å². The molecule has 1 aromatic carbocycles. The van der Waals surface area contributed by atoms with Crippen molar-refractivity contribution in [3.05, 3.63) is 30.1 Å². The van der Waals surface area contributed by atoms with Crippen molar-refractivity contribution in [1.82, 2.24) is 0 Å². The lowest BCUT2D eigenvalue weighted by atomic mass is 9.49. The molecule has 4 aliphatic rings. The molecule has 0 aromatic heterocycles. The maximum absolute atomic E-state index is 13.2. The van der Waals surface area contributed by atoms with Crippen LogP contribution in [-0.4, -0.2) is 6.54 Å². The summed E-state index contributed by atoms with van der Waals surface area (Å²) in [5.74, 6) is 2.82. The van der Waals surface area contributed by atoms with Gasteiger partial charge in [-0.1, -0.05) is 6.07 Å². The topological polar surface area (TPSA) is 12.0 Å². The predicted octanol–water partition coefficient (Wildman–Crippen LogP) is 4.45. The lowest BCUT2D eigenvalue weighted by Crippen LogP contribution is -2.49. The molecule has 0 atom stereocenters. The summed E-state index contributed by atoms with van der Waals surface area (Å²) in [6, 6.07) is 6.89. The van der Waals surface area contributed by atoms with Gasteiger partial charge in [0.1, 0.15) is 5.82 Å². The molecule has 4 aliphatic carbocycles. The third-order valence-electron chi connectivity index (χ3n) is 5.66. The maximum Gasteiger partial charge on any atom is 0.125 e. The molecule has 4 fully saturated rings. The first-order valence-electron chi connectivity index (χ1n) is 7.70. The molecule has 0 amide bonds. The van der Waals surface area contributed by atoms with E-state index in [9.17, 15) is 4.39 Å². The lowest BCUT2D eigenvalue weighted by molar-refractivity contribution is -0.0444. The van der Waals surface area contributed by atoms with Crippen molar-refractivity contribution in [2.24, 2.45) is 23.2 Å². The normalized spacial score (nSPS) is 39.5. The van der Waals surface area contributed by atoms with Gasteiger partial charge in [-0.2, -0.15) is 0 Å². The SMILES string of the molecule is Fc1cccc(NCC23CC4CC(CC(C4)C2)C3)c1. The van der Waals surface area contributed by atoms with Gasteiger partial charge in [0.2, 0.25) is 0 Å². The van der Waals surface area contributed by atoms with Crippen molar-refractivity contribution in [2.45, 2.75) is 38.5 Å². The molecule has 2 heteroatoms.